The van der Waals surface area contributed by atoms with Crippen LogP contribution in [0.25, 0.3) is 0 Å². The monoisotopic (exact) mass is 337 g/mol. The molecule has 1 amide bonds. The van der Waals surface area contributed by atoms with E-state index in [1.165, 1.54) is 11.8 Å². The van der Waals surface area contributed by atoms with Gasteiger partial charge in [-0.25, -0.2) is 0 Å². The highest BCUT2D eigenvalue weighted by Gasteiger charge is 2.23. The second kappa shape index (κ2) is 8.24. The summed E-state index contributed by atoms with van der Waals surface area (Å²) in [5.74, 6) is 1.30. The fourth-order valence-electron chi connectivity index (χ4n) is 1.96. The average Bonchev–Trinajstić information content (AvgIpc) is 2.96. The normalized spacial score (nSPS) is 12.1. The van der Waals surface area contributed by atoms with Crippen LogP contribution in [0, 0.1) is 0 Å². The SMILES string of the molecule is CCN(C(=O)C(C)Sc1nnc(CSC)o1)c1ccccc1. The maximum absolute atomic E-state index is 12.6. The van der Waals surface area contributed by atoms with Gasteiger partial charge in [0.25, 0.3) is 5.22 Å². The van der Waals surface area contributed by atoms with Gasteiger partial charge in [-0.1, -0.05) is 30.0 Å². The Morgan fingerprint density at radius 1 is 1.32 bits per heavy atom. The van der Waals surface area contributed by atoms with E-state index >= 15 is 0 Å². The maximum Gasteiger partial charge on any atom is 0.277 e. The first-order valence-corrected chi connectivity index (χ1v) is 9.27. The van der Waals surface area contributed by atoms with Gasteiger partial charge in [0.1, 0.15) is 0 Å². The Labute approximate surface area is 138 Å². The zero-order chi connectivity index (χ0) is 15.9. The van der Waals surface area contributed by atoms with E-state index < -0.39 is 0 Å². The highest BCUT2D eigenvalue weighted by Crippen LogP contribution is 2.25. The Bertz CT molecular complexity index is 604. The molecule has 118 valence electrons. The van der Waals surface area contributed by atoms with Gasteiger partial charge in [-0.2, -0.15) is 11.8 Å². The van der Waals surface area contributed by atoms with Crippen molar-refractivity contribution in [1.82, 2.24) is 10.2 Å². The predicted octanol–water partition coefficient (Wildman–Crippen LogP) is 3.47. The fraction of sp³-hybridized carbons (Fsp3) is 0.400. The second-order valence-electron chi connectivity index (χ2n) is 4.57. The summed E-state index contributed by atoms with van der Waals surface area (Å²) in [6.07, 6.45) is 1.97. The van der Waals surface area contributed by atoms with E-state index in [-0.39, 0.29) is 11.2 Å². The molecule has 1 heterocycles. The molecule has 2 aromatic rings. The summed E-state index contributed by atoms with van der Waals surface area (Å²) >= 11 is 2.91. The van der Waals surface area contributed by atoms with Crippen LogP contribution in [-0.2, 0) is 10.5 Å². The van der Waals surface area contributed by atoms with Gasteiger partial charge in [0.15, 0.2) is 0 Å². The molecule has 0 radical (unpaired) electrons. The van der Waals surface area contributed by atoms with Crippen LogP contribution in [0.5, 0.6) is 0 Å². The zero-order valence-electron chi connectivity index (χ0n) is 12.9. The number of amides is 1. The summed E-state index contributed by atoms with van der Waals surface area (Å²) in [5.41, 5.74) is 0.899. The summed E-state index contributed by atoms with van der Waals surface area (Å²) in [6.45, 7) is 4.44. The Balaban J connectivity index is 2.03. The molecule has 0 N–H and O–H groups in total. The molecule has 0 spiro atoms. The summed E-state index contributed by atoms with van der Waals surface area (Å²) in [6, 6.07) is 9.65. The summed E-state index contributed by atoms with van der Waals surface area (Å²) in [4.78, 5) is 14.4. The first-order chi connectivity index (χ1) is 10.7. The van der Waals surface area contributed by atoms with Gasteiger partial charge in [-0.3, -0.25) is 4.79 Å². The third-order valence-electron chi connectivity index (χ3n) is 2.99. The highest BCUT2D eigenvalue weighted by atomic mass is 32.2. The van der Waals surface area contributed by atoms with E-state index in [0.29, 0.717) is 23.4 Å². The third-order valence-corrected chi connectivity index (χ3v) is 4.45. The van der Waals surface area contributed by atoms with E-state index in [1.807, 2.05) is 50.4 Å². The largest absolute Gasteiger partial charge is 0.415 e. The second-order valence-corrected chi connectivity index (χ2v) is 6.73. The summed E-state index contributed by atoms with van der Waals surface area (Å²) in [5, 5.41) is 8.09. The number of hydrogen-bond donors (Lipinski definition) is 0. The lowest BCUT2D eigenvalue weighted by molar-refractivity contribution is -0.117. The van der Waals surface area contributed by atoms with Crippen molar-refractivity contribution < 1.29 is 9.21 Å². The van der Waals surface area contributed by atoms with Gasteiger partial charge < -0.3 is 9.32 Å². The zero-order valence-corrected chi connectivity index (χ0v) is 14.5. The molecule has 0 bridgehead atoms. The van der Waals surface area contributed by atoms with Gasteiger partial charge in [-0.15, -0.1) is 10.2 Å². The minimum atomic E-state index is -0.289. The van der Waals surface area contributed by atoms with Gasteiger partial charge >= 0.3 is 0 Å². The molecule has 1 unspecified atom stereocenters. The molecule has 5 nitrogen and oxygen atoms in total. The Hall–Kier alpha value is -1.47. The van der Waals surface area contributed by atoms with Crippen LogP contribution in [0.1, 0.15) is 19.7 Å². The Morgan fingerprint density at radius 3 is 2.68 bits per heavy atom. The van der Waals surface area contributed by atoms with Crippen molar-refractivity contribution >= 4 is 35.1 Å². The minimum absolute atomic E-state index is 0.0308. The van der Waals surface area contributed by atoms with E-state index in [2.05, 4.69) is 10.2 Å². The lowest BCUT2D eigenvalue weighted by atomic mass is 10.2. The number of anilines is 1. The first kappa shape index (κ1) is 16.9. The molecule has 1 aromatic carbocycles. The average molecular weight is 337 g/mol. The van der Waals surface area contributed by atoms with Crippen molar-refractivity contribution in [2.75, 3.05) is 17.7 Å². The molecule has 0 saturated carbocycles. The molecule has 0 aliphatic heterocycles. The number of nitrogens with zero attached hydrogens (tertiary/aromatic N) is 3. The van der Waals surface area contributed by atoms with Crippen molar-refractivity contribution in [3.63, 3.8) is 0 Å². The van der Waals surface area contributed by atoms with Crippen molar-refractivity contribution in [3.05, 3.63) is 36.2 Å². The van der Waals surface area contributed by atoms with Crippen LogP contribution >= 0.6 is 23.5 Å². The molecular formula is C15H19N3O2S2. The van der Waals surface area contributed by atoms with Crippen molar-refractivity contribution in [3.8, 4) is 0 Å². The molecule has 0 saturated heterocycles. The van der Waals surface area contributed by atoms with Gasteiger partial charge in [0, 0.05) is 12.2 Å². The fourth-order valence-corrected chi connectivity index (χ4v) is 3.09. The van der Waals surface area contributed by atoms with Crippen LogP contribution in [0.2, 0.25) is 0 Å². The highest BCUT2D eigenvalue weighted by molar-refractivity contribution is 8.00. The lowest BCUT2D eigenvalue weighted by Gasteiger charge is -2.23. The number of aromatic nitrogens is 2. The van der Waals surface area contributed by atoms with Crippen molar-refractivity contribution in [2.45, 2.75) is 30.1 Å². The van der Waals surface area contributed by atoms with Crippen LogP contribution in [0.3, 0.4) is 0 Å². The molecule has 22 heavy (non-hydrogen) atoms. The topological polar surface area (TPSA) is 59.2 Å². The van der Waals surface area contributed by atoms with Crippen LogP contribution < -0.4 is 4.90 Å². The first-order valence-electron chi connectivity index (χ1n) is 7.00. The standard InChI is InChI=1S/C15H19N3O2S2/c1-4-18(12-8-6-5-7-9-12)14(19)11(2)22-15-17-16-13(20-15)10-21-3/h5-9,11H,4,10H2,1-3H3. The molecular weight excluding hydrogens is 318 g/mol. The van der Waals surface area contributed by atoms with Crippen LogP contribution in [0.4, 0.5) is 5.69 Å². The summed E-state index contributed by atoms with van der Waals surface area (Å²) in [7, 11) is 0. The molecule has 1 aromatic heterocycles. The lowest BCUT2D eigenvalue weighted by Crippen LogP contribution is -2.36. The molecule has 0 aliphatic carbocycles. The van der Waals surface area contributed by atoms with Gasteiger partial charge in [-0.05, 0) is 32.2 Å². The van der Waals surface area contributed by atoms with Gasteiger partial charge in [0.2, 0.25) is 11.8 Å². The number of carbonyl (C=O) groups excluding carboxylic acids is 1. The maximum atomic E-state index is 12.6. The minimum Gasteiger partial charge on any atom is -0.415 e. The number of rotatable bonds is 7. The smallest absolute Gasteiger partial charge is 0.277 e. The molecule has 2 rings (SSSR count). The van der Waals surface area contributed by atoms with E-state index in [9.17, 15) is 4.79 Å². The number of hydrogen-bond acceptors (Lipinski definition) is 6. The van der Waals surface area contributed by atoms with E-state index in [0.717, 1.165) is 5.69 Å². The molecule has 0 aliphatic rings. The third kappa shape index (κ3) is 4.27. The van der Waals surface area contributed by atoms with Gasteiger partial charge in [0.05, 0.1) is 11.0 Å². The Morgan fingerprint density at radius 2 is 2.05 bits per heavy atom. The number of para-hydroxylation sites is 1. The molecule has 0 fully saturated rings. The number of benzene rings is 1. The van der Waals surface area contributed by atoms with E-state index in [4.69, 9.17) is 4.42 Å². The van der Waals surface area contributed by atoms with E-state index in [1.54, 1.807) is 16.7 Å². The number of carbonyl (C=O) groups is 1. The molecule has 1 atom stereocenters. The predicted molar refractivity (Wildman–Crippen MR) is 91.3 cm³/mol. The van der Waals surface area contributed by atoms with Crippen molar-refractivity contribution in [2.24, 2.45) is 0 Å². The van der Waals surface area contributed by atoms with Crippen molar-refractivity contribution in [1.29, 1.82) is 0 Å². The molecule has 7 heteroatoms. The Kier molecular flexibility index (Phi) is 6.33. The van der Waals surface area contributed by atoms with Crippen LogP contribution in [-0.4, -0.2) is 34.2 Å². The number of thioether (sulfide) groups is 2. The summed E-state index contributed by atoms with van der Waals surface area (Å²) < 4.78 is 5.51. The van der Waals surface area contributed by atoms with Crippen LogP contribution in [0.15, 0.2) is 40.0 Å². The quantitative estimate of drug-likeness (QED) is 0.721.